The molecule has 0 aromatic rings. The topological polar surface area (TPSA) is 344 Å². The normalized spacial score (nSPS) is 17.1. The number of aliphatic hydroxyl groups is 6. The molecule has 4 saturated heterocycles. The Balaban J connectivity index is -0.000000402. The van der Waals surface area contributed by atoms with Crippen LogP contribution in [0.25, 0.3) is 0 Å². The van der Waals surface area contributed by atoms with Crippen LogP contribution in [0.2, 0.25) is 0 Å². The third kappa shape index (κ3) is 44.9. The number of unbranched alkanes of at least 4 members (excludes halogenated alkanes) is 8. The van der Waals surface area contributed by atoms with Gasteiger partial charge >= 0.3 is 36.3 Å². The van der Waals surface area contributed by atoms with Crippen LogP contribution in [-0.4, -0.2) is 259 Å². The molecule has 0 aliphatic carbocycles. The highest BCUT2D eigenvalue weighted by Gasteiger charge is 2.41. The highest BCUT2D eigenvalue weighted by atomic mass is 19.4. The van der Waals surface area contributed by atoms with Crippen LogP contribution in [0.4, 0.5) is 39.5 Å². The Hall–Kier alpha value is -4.74. The van der Waals surface area contributed by atoms with Crippen LogP contribution in [0.5, 0.6) is 0 Å². The smallest absolute Gasteiger partial charge is 0.400 e. The number of rotatable bonds is 32. The van der Waals surface area contributed by atoms with E-state index in [4.69, 9.17) is 25.5 Å². The zero-order valence-electron chi connectivity index (χ0n) is 64.6. The van der Waals surface area contributed by atoms with Gasteiger partial charge in [-0.2, -0.15) is 39.5 Å². The molecule has 608 valence electrons. The molecular weight excluding hydrogens is 1370 g/mol. The first-order chi connectivity index (χ1) is 48.9. The Kier molecular flexibility index (Phi) is 53.9. The number of nitrogens with one attached hydrogen (secondary N) is 3. The molecule has 0 aromatic carbocycles. The summed E-state index contributed by atoms with van der Waals surface area (Å²) in [7, 11) is 7.15. The Bertz CT molecular complexity index is 2080. The van der Waals surface area contributed by atoms with Gasteiger partial charge in [-0.25, -0.2) is 0 Å². The van der Waals surface area contributed by atoms with E-state index in [1.807, 2.05) is 27.4 Å². The fraction of sp³-hybridized carbons (Fsp3) is 0.899. The number of piperidine rings is 4. The Labute approximate surface area is 607 Å². The standard InChI is InChI=1S/C16H27F3N2O3.C16H27F3N2O2.C15H25F3N2O4.C13H26N2O2.C5H12O3.2CH4O.2CH4/c1-2-15(12-22)7-10-21(11-8-15)13(23)6-4-3-5-9-20-14(24)16(17,18)19;1-3-15(2)8-11-21(12-9-15)13(22)7-5-4-6-10-20-14(23)16(17,18)19;16-15(17,18)13(24)19-7-3-1-2-4-12(23)20-8-5-14(10-21,11-22)6-9-20;1-13(11-16)6-9-15(10-7-13)12(17)5-3-2-4-8-14;1-5(6-2,7-3)8-4;2*1-2;;/h22H,2-12H2,1H3,(H,20,24);3-12H2,1-2H3,(H,20,23);21-22H,1-11H2,(H,19,24);16H,2-11,14H2,1H3;1-4H3;2*2H,1H3;2*1H4/i;2T;;1T;;2*2T;;. The van der Waals surface area contributed by atoms with Gasteiger partial charge in [-0.05, 0) is 132 Å². The molecule has 4 rings (SSSR count). The van der Waals surface area contributed by atoms with Gasteiger partial charge in [0.05, 0.1) is 13.2 Å². The van der Waals surface area contributed by atoms with E-state index in [-0.39, 0.29) is 108 Å². The molecule has 4 aliphatic heterocycles. The molecule has 102 heavy (non-hydrogen) atoms. The fourth-order valence-corrected chi connectivity index (χ4v) is 10.5. The van der Waals surface area contributed by atoms with Gasteiger partial charge in [0.1, 0.15) is 0 Å². The van der Waals surface area contributed by atoms with Crippen molar-refractivity contribution in [1.82, 2.24) is 35.6 Å². The zero-order valence-corrected chi connectivity index (χ0v) is 60.6. The number of nitrogens with zero attached hydrogens (tertiary/aromatic N) is 4. The van der Waals surface area contributed by atoms with Gasteiger partial charge in [0.25, 0.3) is 5.97 Å². The number of methoxy groups -OCH3 is 3. The number of aliphatic hydroxyl groups excluding tert-OH is 6. The average molecular weight is 1510 g/mol. The first-order valence-corrected chi connectivity index (χ1v) is 34.4. The van der Waals surface area contributed by atoms with Crippen molar-refractivity contribution in [2.45, 2.75) is 241 Å². The van der Waals surface area contributed by atoms with Crippen LogP contribution in [-0.2, 0) is 47.8 Å². The third-order valence-corrected chi connectivity index (χ3v) is 18.6. The lowest BCUT2D eigenvalue weighted by molar-refractivity contribution is -0.340. The summed E-state index contributed by atoms with van der Waals surface area (Å²) in [6.07, 6.45) is 2.53. The monoisotopic (exact) mass is 1510 g/mol. The summed E-state index contributed by atoms with van der Waals surface area (Å²) in [5.74, 6) is -6.35. The number of halogens is 9. The summed E-state index contributed by atoms with van der Waals surface area (Å²) in [4.78, 5) is 87.2. The maximum absolute atomic E-state index is 12.1. The van der Waals surface area contributed by atoms with Crippen LogP contribution in [0.1, 0.15) is 219 Å². The van der Waals surface area contributed by atoms with E-state index in [9.17, 15) is 93.5 Å². The van der Waals surface area contributed by atoms with Crippen molar-refractivity contribution in [2.75, 3.05) is 141 Å². The van der Waals surface area contributed by atoms with Crippen LogP contribution < -0.4 is 21.7 Å². The van der Waals surface area contributed by atoms with Gasteiger partial charge in [-0.3, -0.25) is 33.6 Å². The van der Waals surface area contributed by atoms with Gasteiger partial charge in [0.15, 0.2) is 0 Å². The first kappa shape index (κ1) is 97.3. The molecule has 0 unspecified atom stereocenters. The van der Waals surface area contributed by atoms with E-state index in [0.29, 0.717) is 162 Å². The second-order valence-electron chi connectivity index (χ2n) is 25.6. The Morgan fingerprint density at radius 2 is 0.686 bits per heavy atom. The minimum atomic E-state index is -4.86. The molecular formula is C69H133F9N8O16. The molecule has 33 heteroatoms. The number of amides is 7. The number of nitrogens with two attached hydrogens (primary N) is 1. The van der Waals surface area contributed by atoms with Gasteiger partial charge < -0.3 is 86.1 Å². The van der Waals surface area contributed by atoms with Crippen molar-refractivity contribution in [2.24, 2.45) is 27.4 Å². The number of hydrogen-bond donors (Lipinski definition) is 10. The first-order valence-electron chi connectivity index (χ1n) is 36.7. The molecule has 0 radical (unpaired) electrons. The quantitative estimate of drug-likeness (QED) is 0.0171. The van der Waals surface area contributed by atoms with Crippen LogP contribution >= 0.6 is 0 Å². The van der Waals surface area contributed by atoms with Crippen LogP contribution in [0.15, 0.2) is 0 Å². The van der Waals surface area contributed by atoms with Crippen molar-refractivity contribution in [1.29, 1.82) is 2.86 Å². The summed E-state index contributed by atoms with van der Waals surface area (Å²) in [5, 5.41) is 49.9. The van der Waals surface area contributed by atoms with Crippen LogP contribution in [0, 0.1) is 21.7 Å². The molecule has 24 nitrogen and oxygen atoms in total. The molecule has 0 spiro atoms. The highest BCUT2D eigenvalue weighted by Crippen LogP contribution is 2.36. The molecule has 4 fully saturated rings. The van der Waals surface area contributed by atoms with E-state index in [2.05, 4.69) is 17.1 Å². The van der Waals surface area contributed by atoms with E-state index >= 15 is 0 Å². The van der Waals surface area contributed by atoms with Crippen molar-refractivity contribution >= 4 is 41.4 Å². The molecule has 7 amide bonds. The molecule has 11 N–H and O–H groups in total. The predicted octanol–water partition coefficient (Wildman–Crippen LogP) is 8.53. The van der Waals surface area contributed by atoms with Crippen molar-refractivity contribution in [3.8, 4) is 0 Å². The molecule has 0 atom stereocenters. The number of ether oxygens (including phenoxy) is 3. The lowest BCUT2D eigenvalue weighted by atomic mass is 9.77. The highest BCUT2D eigenvalue weighted by molar-refractivity contribution is 5.82. The maximum atomic E-state index is 12.1. The molecule has 0 saturated carbocycles. The number of alkyl halides is 9. The second kappa shape index (κ2) is 56.6. The van der Waals surface area contributed by atoms with E-state index < -0.39 is 47.6 Å². The van der Waals surface area contributed by atoms with Gasteiger partial charge in [-0.15, -0.1) is 0 Å². The van der Waals surface area contributed by atoms with E-state index in [0.717, 1.165) is 70.6 Å². The van der Waals surface area contributed by atoms with Crippen molar-refractivity contribution in [3.63, 3.8) is 0 Å². The fourth-order valence-electron chi connectivity index (χ4n) is 10.5. The number of carbonyl (C=O) groups is 7. The largest absolute Gasteiger partial charge is 0.471 e. The zero-order chi connectivity index (χ0) is 80.1. The third-order valence-electron chi connectivity index (χ3n) is 18.6. The van der Waals surface area contributed by atoms with Gasteiger partial charge in [0.2, 0.25) is 26.5 Å². The molecule has 4 aliphatic rings. The minimum absolute atomic E-state index is 0. The summed E-state index contributed by atoms with van der Waals surface area (Å²) in [6.45, 7) is 12.1. The lowest BCUT2D eigenvalue weighted by Crippen LogP contribution is -2.46. The summed E-state index contributed by atoms with van der Waals surface area (Å²) >= 11 is 0. The number of carbonyl (C=O) groups excluding carboxylic acids is 7. The van der Waals surface area contributed by atoms with Crippen LogP contribution in [0.3, 0.4) is 0 Å². The van der Waals surface area contributed by atoms with E-state index in [1.165, 1.54) is 35.5 Å². The Morgan fingerprint density at radius 1 is 0.431 bits per heavy atom. The number of hydrogen-bond acceptors (Lipinski definition) is 17. The van der Waals surface area contributed by atoms with Crippen molar-refractivity contribution < 1.29 is 121 Å². The summed E-state index contributed by atoms with van der Waals surface area (Å²) in [6, 6.07) is 0. The number of likely N-dealkylation sites (tertiary alicyclic amines) is 4. The molecule has 0 bridgehead atoms. The van der Waals surface area contributed by atoms with Gasteiger partial charge in [0, 0.05) is 162 Å². The van der Waals surface area contributed by atoms with E-state index in [1.54, 1.807) is 22.0 Å². The second-order valence-corrected chi connectivity index (χ2v) is 25.6. The summed E-state index contributed by atoms with van der Waals surface area (Å²) in [5.41, 5.74) is 4.62. The summed E-state index contributed by atoms with van der Waals surface area (Å²) < 4.78 is 149. The SMILES string of the molecule is C.C.CCC1(CO)CCN(C(=O)CCCCCNC(=O)C(F)(F)F)CC1.COC(C)(OC)OC.O=C(CCCCCNC(=O)C(F)(F)F)N1CCC(CO)(CO)CC1.[3H]CC1(CC)CCN(C(=O)CCCCCNC(=O)C(F)(F)F)CC1.[3H]CC1(CO)CCN(C(=O)CCCCCN)CC1.[3H]OC.[3H]OC. The minimum Gasteiger partial charge on any atom is -0.400 e. The van der Waals surface area contributed by atoms with Gasteiger partial charge in [-0.1, -0.05) is 74.6 Å². The Morgan fingerprint density at radius 3 is 0.892 bits per heavy atom. The van der Waals surface area contributed by atoms with Crippen molar-refractivity contribution in [3.05, 3.63) is 0 Å². The lowest BCUT2D eigenvalue weighted by Gasteiger charge is -2.40. The predicted molar refractivity (Wildman–Crippen MR) is 373 cm³/mol. The molecule has 0 aromatic heterocycles. The maximum Gasteiger partial charge on any atom is 0.471 e. The molecule has 4 heterocycles. The average Bonchev–Trinajstić information content (AvgIpc) is 0.853.